The van der Waals surface area contributed by atoms with Crippen LogP contribution < -0.4 is 11.5 Å². The fraction of sp³-hybridized carbons (Fsp3) is 0. The van der Waals surface area contributed by atoms with Crippen LogP contribution in [0.2, 0.25) is 0 Å². The van der Waals surface area contributed by atoms with Gasteiger partial charge in [-0.25, -0.2) is 0 Å². The molecule has 0 spiro atoms. The van der Waals surface area contributed by atoms with E-state index >= 15 is 0 Å². The standard InChI is InChI=1S/2CH3NS2.Ca/c2*2-1(3)4;/h2*(H3,2,3,4);/q;;+2/p-2. The van der Waals surface area contributed by atoms with Gasteiger partial charge in [-0.15, -0.1) is 0 Å². The van der Waals surface area contributed by atoms with E-state index in [1.54, 1.807) is 0 Å². The molecular weight excluding hydrogens is 220 g/mol. The molecule has 0 unspecified atom stereocenters. The Labute approximate surface area is 106 Å². The number of thiocarbonyl (C=S) groups is 2. The summed E-state index contributed by atoms with van der Waals surface area (Å²) in [6.45, 7) is 0. The third-order valence-electron chi connectivity index (χ3n) is 0. The van der Waals surface area contributed by atoms with Crippen LogP contribution in [0.15, 0.2) is 0 Å². The van der Waals surface area contributed by atoms with Crippen LogP contribution >= 0.6 is 24.4 Å². The van der Waals surface area contributed by atoms with E-state index < -0.39 is 0 Å². The SMILES string of the molecule is NC(=S)[S-].NC(=S)[S-].[Ca+2]. The summed E-state index contributed by atoms with van der Waals surface area (Å²) in [5.41, 5.74) is 9.31. The molecule has 0 aliphatic carbocycles. The maximum Gasteiger partial charge on any atom is 2.00 e. The van der Waals surface area contributed by atoms with Gasteiger partial charge in [0.05, 0.1) is 0 Å². The van der Waals surface area contributed by atoms with Crippen LogP contribution in [0.1, 0.15) is 0 Å². The smallest absolute Gasteiger partial charge is 0.415 e. The Hall–Kier alpha value is 1.48. The average Bonchev–Trinajstić information content (AvgIpc) is 1.25. The predicted octanol–water partition coefficient (Wildman–Crippen LogP) is -0.827. The van der Waals surface area contributed by atoms with Crippen LogP contribution in [-0.2, 0) is 25.3 Å². The number of nitrogens with two attached hydrogens (primary N) is 2. The van der Waals surface area contributed by atoms with E-state index in [4.69, 9.17) is 0 Å². The maximum absolute atomic E-state index is 4.66. The van der Waals surface area contributed by atoms with Gasteiger partial charge in [0.25, 0.3) is 0 Å². The van der Waals surface area contributed by atoms with Crippen LogP contribution in [-0.4, -0.2) is 46.4 Å². The Balaban J connectivity index is -0.0000000720. The number of hydrogen-bond donors (Lipinski definition) is 2. The monoisotopic (exact) mass is 224 g/mol. The van der Waals surface area contributed by atoms with Crippen molar-refractivity contribution in [2.75, 3.05) is 0 Å². The van der Waals surface area contributed by atoms with Crippen molar-refractivity contribution >= 4 is 96.1 Å². The minimum atomic E-state index is 0. The van der Waals surface area contributed by atoms with Gasteiger partial charge in [0.1, 0.15) is 0 Å². The molecule has 0 saturated heterocycles. The van der Waals surface area contributed by atoms with Crippen LogP contribution in [0, 0.1) is 0 Å². The molecule has 0 atom stereocenters. The van der Waals surface area contributed by atoms with E-state index in [2.05, 4.69) is 61.2 Å². The van der Waals surface area contributed by atoms with Crippen LogP contribution in [0.25, 0.3) is 0 Å². The van der Waals surface area contributed by atoms with E-state index in [1.807, 2.05) is 0 Å². The van der Waals surface area contributed by atoms with Crippen LogP contribution in [0.5, 0.6) is 0 Å². The van der Waals surface area contributed by atoms with Gasteiger partial charge in [0.15, 0.2) is 0 Å². The molecular formula is C2H4CaN2S4. The van der Waals surface area contributed by atoms with E-state index in [-0.39, 0.29) is 46.4 Å². The molecule has 0 rings (SSSR count). The van der Waals surface area contributed by atoms with Gasteiger partial charge >= 0.3 is 37.7 Å². The molecule has 0 saturated carbocycles. The third-order valence-corrected chi connectivity index (χ3v) is 0. The molecule has 0 aromatic heterocycles. The van der Waals surface area contributed by atoms with Crippen molar-refractivity contribution < 1.29 is 0 Å². The summed E-state index contributed by atoms with van der Waals surface area (Å²) in [6, 6.07) is 0. The van der Waals surface area contributed by atoms with Crippen molar-refractivity contribution in [1.82, 2.24) is 0 Å². The summed E-state index contributed by atoms with van der Waals surface area (Å²) in [7, 11) is 0. The van der Waals surface area contributed by atoms with Gasteiger partial charge in [-0.2, -0.15) is 0 Å². The zero-order valence-electron chi connectivity index (χ0n) is 4.49. The molecule has 7 heteroatoms. The van der Waals surface area contributed by atoms with E-state index in [1.165, 1.54) is 0 Å². The first kappa shape index (κ1) is 16.8. The Bertz CT molecular complexity index is 74.6. The third kappa shape index (κ3) is 242. The fourth-order valence-electron chi connectivity index (χ4n) is 0. The zero-order valence-corrected chi connectivity index (χ0v) is 9.97. The van der Waals surface area contributed by atoms with Gasteiger partial charge in [0, 0.05) is 0 Å². The van der Waals surface area contributed by atoms with Crippen molar-refractivity contribution in [2.45, 2.75) is 0 Å². The Morgan fingerprint density at radius 2 is 1.00 bits per heavy atom. The van der Waals surface area contributed by atoms with E-state index in [0.29, 0.717) is 0 Å². The van der Waals surface area contributed by atoms with Gasteiger partial charge in [-0.05, 0) is 0 Å². The average molecular weight is 224 g/mol. The van der Waals surface area contributed by atoms with Crippen LogP contribution in [0.3, 0.4) is 0 Å². The first-order chi connectivity index (χ1) is 3.46. The first-order valence-electron chi connectivity index (χ1n) is 1.39. The van der Waals surface area contributed by atoms with Crippen molar-refractivity contribution in [3.05, 3.63) is 0 Å². The van der Waals surface area contributed by atoms with Gasteiger partial charge in [0.2, 0.25) is 0 Å². The molecule has 0 heterocycles. The van der Waals surface area contributed by atoms with Crippen LogP contribution in [0.4, 0.5) is 0 Å². The summed E-state index contributed by atoms with van der Waals surface area (Å²) in [5, 5.41) is 0. The number of rotatable bonds is 0. The van der Waals surface area contributed by atoms with Gasteiger partial charge in [-0.3, -0.25) is 0 Å². The summed E-state index contributed by atoms with van der Waals surface area (Å²) in [4.78, 5) is 0. The second-order valence-corrected chi connectivity index (χ2v) is 2.91. The van der Waals surface area contributed by atoms with E-state index in [9.17, 15) is 0 Å². The molecule has 0 aromatic rings. The van der Waals surface area contributed by atoms with Crippen molar-refractivity contribution in [3.8, 4) is 0 Å². The summed E-state index contributed by atoms with van der Waals surface area (Å²) >= 11 is 16.5. The maximum atomic E-state index is 4.66. The molecule has 48 valence electrons. The van der Waals surface area contributed by atoms with Gasteiger partial charge < -0.3 is 61.2 Å². The molecule has 0 aliphatic rings. The number of hydrogen-bond acceptors (Lipinski definition) is 4. The molecule has 2 nitrogen and oxygen atoms in total. The normalized spacial score (nSPS) is 5.33. The minimum Gasteiger partial charge on any atom is -0.415 e. The topological polar surface area (TPSA) is 52.0 Å². The molecule has 9 heavy (non-hydrogen) atoms. The van der Waals surface area contributed by atoms with Crippen molar-refractivity contribution in [2.24, 2.45) is 11.5 Å². The molecule has 0 radical (unpaired) electrons. The molecule has 0 fully saturated rings. The Morgan fingerprint density at radius 1 is 1.00 bits per heavy atom. The summed E-state index contributed by atoms with van der Waals surface area (Å²) < 4.78 is 0.167. The Morgan fingerprint density at radius 3 is 1.00 bits per heavy atom. The van der Waals surface area contributed by atoms with E-state index in [0.717, 1.165) is 0 Å². The summed E-state index contributed by atoms with van der Waals surface area (Å²) in [5.74, 6) is 0. The fourth-order valence-corrected chi connectivity index (χ4v) is 0. The molecule has 0 bridgehead atoms. The molecule has 0 amide bonds. The molecule has 0 aromatic carbocycles. The zero-order chi connectivity index (χ0) is 7.15. The molecule has 0 aliphatic heterocycles. The molecule has 4 N–H and O–H groups in total. The second kappa shape index (κ2) is 12.2. The first-order valence-corrected chi connectivity index (χ1v) is 3.03. The van der Waals surface area contributed by atoms with Crippen molar-refractivity contribution in [3.63, 3.8) is 0 Å². The van der Waals surface area contributed by atoms with Crippen molar-refractivity contribution in [1.29, 1.82) is 0 Å². The Kier molecular flexibility index (Phi) is 22.8. The minimum absolute atomic E-state index is 0. The summed E-state index contributed by atoms with van der Waals surface area (Å²) in [6.07, 6.45) is 0. The quantitative estimate of drug-likeness (QED) is 0.318. The second-order valence-electron chi connectivity index (χ2n) is 0.638. The predicted molar refractivity (Wildman–Crippen MR) is 54.1 cm³/mol. The van der Waals surface area contributed by atoms with Gasteiger partial charge in [-0.1, -0.05) is 8.64 Å². The largest absolute Gasteiger partial charge is 2.00 e.